The van der Waals surface area contributed by atoms with Crippen LogP contribution in [0, 0.1) is 0 Å². The van der Waals surface area contributed by atoms with E-state index in [9.17, 15) is 9.59 Å². The average Bonchev–Trinajstić information content (AvgIpc) is 3.11. The van der Waals surface area contributed by atoms with Gasteiger partial charge in [-0.3, -0.25) is 9.59 Å². The Morgan fingerprint density at radius 1 is 1.09 bits per heavy atom. The molecule has 0 unspecified atom stereocenters. The largest absolute Gasteiger partial charge is 0.493 e. The lowest BCUT2D eigenvalue weighted by molar-refractivity contribution is -0.120. The van der Waals surface area contributed by atoms with Gasteiger partial charge in [-0.15, -0.1) is 11.3 Å². The highest BCUT2D eigenvalue weighted by Crippen LogP contribution is 2.25. The lowest BCUT2D eigenvalue weighted by Gasteiger charge is -2.11. The van der Waals surface area contributed by atoms with Crippen molar-refractivity contribution in [3.63, 3.8) is 0 Å². The zero-order valence-corrected chi connectivity index (χ0v) is 13.5. The van der Waals surface area contributed by atoms with Crippen LogP contribution >= 0.6 is 11.3 Å². The molecule has 0 aliphatic carbocycles. The minimum Gasteiger partial charge on any atom is -0.493 e. The van der Waals surface area contributed by atoms with Crippen molar-refractivity contribution in [1.29, 1.82) is 0 Å². The Balaban J connectivity index is 1.64. The zero-order chi connectivity index (χ0) is 16.5. The molecule has 23 heavy (non-hydrogen) atoms. The second-order valence-corrected chi connectivity index (χ2v) is 5.46. The third kappa shape index (κ3) is 5.30. The molecule has 2 N–H and O–H groups in total. The van der Waals surface area contributed by atoms with Crippen LogP contribution in [0.3, 0.4) is 0 Å². The summed E-state index contributed by atoms with van der Waals surface area (Å²) in [7, 11) is 1.57. The molecule has 2 rings (SSSR count). The maximum absolute atomic E-state index is 11.7. The van der Waals surface area contributed by atoms with Gasteiger partial charge >= 0.3 is 0 Å². The zero-order valence-electron chi connectivity index (χ0n) is 12.7. The number of carbonyl (C=O) groups is 2. The molecule has 0 bridgehead atoms. The number of para-hydroxylation sites is 2. The van der Waals surface area contributed by atoms with E-state index in [0.717, 1.165) is 0 Å². The first kappa shape index (κ1) is 16.8. The molecule has 2 amide bonds. The third-order valence-corrected chi connectivity index (χ3v) is 3.77. The van der Waals surface area contributed by atoms with Crippen LogP contribution in [0.5, 0.6) is 11.5 Å². The van der Waals surface area contributed by atoms with Crippen molar-refractivity contribution in [3.05, 3.63) is 46.7 Å². The monoisotopic (exact) mass is 334 g/mol. The van der Waals surface area contributed by atoms with E-state index in [1.54, 1.807) is 31.4 Å². The van der Waals surface area contributed by atoms with Crippen LogP contribution in [0.4, 0.5) is 0 Å². The van der Waals surface area contributed by atoms with E-state index in [4.69, 9.17) is 9.47 Å². The highest BCUT2D eigenvalue weighted by atomic mass is 32.1. The van der Waals surface area contributed by atoms with E-state index >= 15 is 0 Å². The minimum absolute atomic E-state index is 0.0641. The first-order chi connectivity index (χ1) is 11.2. The van der Waals surface area contributed by atoms with Gasteiger partial charge in [0.1, 0.15) is 6.61 Å². The number of amides is 2. The Morgan fingerprint density at radius 2 is 1.87 bits per heavy atom. The summed E-state index contributed by atoms with van der Waals surface area (Å²) in [6, 6.07) is 10.8. The van der Waals surface area contributed by atoms with Crippen molar-refractivity contribution in [1.82, 2.24) is 10.6 Å². The SMILES string of the molecule is COc1ccccc1OCCNC(=O)CNC(=O)c1cccs1. The van der Waals surface area contributed by atoms with Crippen LogP contribution in [0.15, 0.2) is 41.8 Å². The van der Waals surface area contributed by atoms with Crippen LogP contribution in [0.2, 0.25) is 0 Å². The Hall–Kier alpha value is -2.54. The van der Waals surface area contributed by atoms with Crippen LogP contribution in [-0.2, 0) is 4.79 Å². The molecule has 2 aromatic rings. The molecule has 0 spiro atoms. The molecule has 0 fully saturated rings. The Kier molecular flexibility index (Phi) is 6.43. The molecule has 1 heterocycles. The van der Waals surface area contributed by atoms with E-state index < -0.39 is 0 Å². The average molecular weight is 334 g/mol. The number of ether oxygens (including phenoxy) is 2. The number of nitrogens with one attached hydrogen (secondary N) is 2. The van der Waals surface area contributed by atoms with Crippen molar-refractivity contribution in [2.45, 2.75) is 0 Å². The van der Waals surface area contributed by atoms with E-state index in [2.05, 4.69) is 10.6 Å². The second kappa shape index (κ2) is 8.79. The van der Waals surface area contributed by atoms with Gasteiger partial charge in [-0.25, -0.2) is 0 Å². The topological polar surface area (TPSA) is 76.7 Å². The predicted octanol–water partition coefficient (Wildman–Crippen LogP) is 1.68. The Bertz CT molecular complexity index is 643. The molecule has 1 aromatic heterocycles. The molecule has 122 valence electrons. The molecule has 0 saturated carbocycles. The van der Waals surface area contributed by atoms with Crippen molar-refractivity contribution in [2.24, 2.45) is 0 Å². The van der Waals surface area contributed by atoms with Gasteiger partial charge in [0.05, 0.1) is 25.1 Å². The van der Waals surface area contributed by atoms with Gasteiger partial charge in [0.2, 0.25) is 5.91 Å². The molecule has 1 aromatic carbocycles. The van der Waals surface area contributed by atoms with Gasteiger partial charge in [-0.2, -0.15) is 0 Å². The number of rotatable bonds is 8. The summed E-state index contributed by atoms with van der Waals surface area (Å²) in [5.74, 6) is 0.747. The van der Waals surface area contributed by atoms with Gasteiger partial charge in [-0.1, -0.05) is 18.2 Å². The van der Waals surface area contributed by atoms with Crippen molar-refractivity contribution in [2.75, 3.05) is 26.8 Å². The summed E-state index contributed by atoms with van der Waals surface area (Å²) in [5.41, 5.74) is 0. The highest BCUT2D eigenvalue weighted by molar-refractivity contribution is 7.12. The summed E-state index contributed by atoms with van der Waals surface area (Å²) < 4.78 is 10.7. The number of hydrogen-bond acceptors (Lipinski definition) is 5. The Morgan fingerprint density at radius 3 is 2.57 bits per heavy atom. The summed E-state index contributed by atoms with van der Waals surface area (Å²) in [6.07, 6.45) is 0. The molecule has 0 saturated heterocycles. The normalized spacial score (nSPS) is 9.96. The molecular weight excluding hydrogens is 316 g/mol. The van der Waals surface area contributed by atoms with Crippen LogP contribution in [0.25, 0.3) is 0 Å². The standard InChI is InChI=1S/C16H18N2O4S/c1-21-12-5-2-3-6-13(12)22-9-8-17-15(19)11-18-16(20)14-7-4-10-23-14/h2-7,10H,8-9,11H2,1H3,(H,17,19)(H,18,20). The smallest absolute Gasteiger partial charge is 0.261 e. The van der Waals surface area contributed by atoms with Crippen LogP contribution in [-0.4, -0.2) is 38.6 Å². The van der Waals surface area contributed by atoms with Crippen molar-refractivity contribution < 1.29 is 19.1 Å². The quantitative estimate of drug-likeness (QED) is 0.720. The molecule has 0 atom stereocenters. The number of hydrogen-bond donors (Lipinski definition) is 2. The summed E-state index contributed by atoms with van der Waals surface area (Å²) in [5, 5.41) is 7.04. The van der Waals surface area contributed by atoms with Gasteiger partial charge in [0.15, 0.2) is 11.5 Å². The fourth-order valence-electron chi connectivity index (χ4n) is 1.81. The lowest BCUT2D eigenvalue weighted by atomic mass is 10.3. The summed E-state index contributed by atoms with van der Waals surface area (Å²) in [4.78, 5) is 23.9. The fourth-order valence-corrected chi connectivity index (χ4v) is 2.45. The molecule has 7 heteroatoms. The maximum Gasteiger partial charge on any atom is 0.261 e. The van der Waals surface area contributed by atoms with Gasteiger partial charge < -0.3 is 20.1 Å². The first-order valence-corrected chi connectivity index (χ1v) is 7.93. The van der Waals surface area contributed by atoms with E-state index in [-0.39, 0.29) is 18.4 Å². The molecule has 6 nitrogen and oxygen atoms in total. The molecule has 0 aliphatic heterocycles. The minimum atomic E-state index is -0.265. The van der Waals surface area contributed by atoms with E-state index in [1.807, 2.05) is 17.5 Å². The van der Waals surface area contributed by atoms with Crippen molar-refractivity contribution >= 4 is 23.2 Å². The van der Waals surface area contributed by atoms with Crippen LogP contribution < -0.4 is 20.1 Å². The van der Waals surface area contributed by atoms with Gasteiger partial charge in [0, 0.05) is 0 Å². The lowest BCUT2D eigenvalue weighted by Crippen LogP contribution is -2.38. The highest BCUT2D eigenvalue weighted by Gasteiger charge is 2.08. The first-order valence-electron chi connectivity index (χ1n) is 7.05. The number of thiophene rings is 1. The van der Waals surface area contributed by atoms with Gasteiger partial charge in [-0.05, 0) is 23.6 Å². The fraction of sp³-hybridized carbons (Fsp3) is 0.250. The number of methoxy groups -OCH3 is 1. The molecule has 0 radical (unpaired) electrons. The maximum atomic E-state index is 11.7. The number of carbonyl (C=O) groups excluding carboxylic acids is 2. The number of benzene rings is 1. The van der Waals surface area contributed by atoms with E-state index in [0.29, 0.717) is 29.5 Å². The van der Waals surface area contributed by atoms with Crippen molar-refractivity contribution in [3.8, 4) is 11.5 Å². The summed E-state index contributed by atoms with van der Waals surface area (Å²) in [6.45, 7) is 0.585. The third-order valence-electron chi connectivity index (χ3n) is 2.91. The summed E-state index contributed by atoms with van der Waals surface area (Å²) >= 11 is 1.33. The van der Waals surface area contributed by atoms with Crippen LogP contribution in [0.1, 0.15) is 9.67 Å². The molecule has 0 aliphatic rings. The molecular formula is C16H18N2O4S. The van der Waals surface area contributed by atoms with E-state index in [1.165, 1.54) is 11.3 Å². The predicted molar refractivity (Wildman–Crippen MR) is 88.2 cm³/mol. The van der Waals surface area contributed by atoms with Gasteiger partial charge in [0.25, 0.3) is 5.91 Å². The second-order valence-electron chi connectivity index (χ2n) is 4.51. The Labute approximate surface area is 138 Å².